The summed E-state index contributed by atoms with van der Waals surface area (Å²) in [6.45, 7) is 10.4. The van der Waals surface area contributed by atoms with Gasteiger partial charge in [0.05, 0.1) is 36.1 Å². The van der Waals surface area contributed by atoms with Gasteiger partial charge in [0.25, 0.3) is 5.91 Å². The number of amides is 1. The van der Waals surface area contributed by atoms with Crippen molar-refractivity contribution in [1.29, 1.82) is 0 Å². The van der Waals surface area contributed by atoms with Gasteiger partial charge in [0.2, 0.25) is 0 Å². The Balaban J connectivity index is 1.67. The minimum Gasteiger partial charge on any atom is -0.493 e. The molecule has 3 rings (SSSR count). The summed E-state index contributed by atoms with van der Waals surface area (Å²) < 4.78 is 16.8. The number of nitrogens with one attached hydrogen (secondary N) is 1. The van der Waals surface area contributed by atoms with E-state index in [1.807, 2.05) is 19.2 Å². The molecule has 0 saturated carbocycles. The van der Waals surface area contributed by atoms with Crippen molar-refractivity contribution in [1.82, 2.24) is 9.88 Å². The fraction of sp³-hybridized carbons (Fsp3) is 0.524. The highest BCUT2D eigenvalue weighted by Crippen LogP contribution is 2.37. The van der Waals surface area contributed by atoms with Gasteiger partial charge in [0.1, 0.15) is 0 Å². The number of ether oxygens (including phenoxy) is 3. The van der Waals surface area contributed by atoms with Gasteiger partial charge in [0, 0.05) is 30.6 Å². The van der Waals surface area contributed by atoms with Gasteiger partial charge in [-0.05, 0) is 39.8 Å². The molecular weight excluding hydrogens is 426 g/mol. The fourth-order valence-electron chi connectivity index (χ4n) is 3.45. The van der Waals surface area contributed by atoms with Gasteiger partial charge in [-0.2, -0.15) is 0 Å². The Labute approximate surface area is 186 Å². The van der Waals surface area contributed by atoms with E-state index in [1.54, 1.807) is 12.1 Å². The van der Waals surface area contributed by atoms with E-state index in [4.69, 9.17) is 25.8 Å². The van der Waals surface area contributed by atoms with Crippen LogP contribution in [0, 0.1) is 0 Å². The average Bonchev–Trinajstić information content (AvgIpc) is 3.08. The van der Waals surface area contributed by atoms with E-state index in [0.29, 0.717) is 27.2 Å². The van der Waals surface area contributed by atoms with Crippen LogP contribution in [0.5, 0.6) is 11.5 Å². The summed E-state index contributed by atoms with van der Waals surface area (Å²) in [6, 6.07) is 3.19. The molecule has 2 atom stereocenters. The van der Waals surface area contributed by atoms with Gasteiger partial charge >= 0.3 is 0 Å². The number of rotatable bonds is 7. The van der Waals surface area contributed by atoms with Crippen LogP contribution in [0.4, 0.5) is 5.13 Å². The number of carbonyl (C=O) groups excluding carboxylic acids is 1. The number of nitrogens with zero attached hydrogens (tertiary/aromatic N) is 2. The lowest BCUT2D eigenvalue weighted by molar-refractivity contribution is -0.0707. The lowest BCUT2D eigenvalue weighted by Crippen LogP contribution is -2.44. The normalized spacial score (nSPS) is 19.7. The summed E-state index contributed by atoms with van der Waals surface area (Å²) in [5, 5.41) is 5.67. The topological polar surface area (TPSA) is 72.9 Å². The zero-order valence-corrected chi connectivity index (χ0v) is 19.5. The summed E-state index contributed by atoms with van der Waals surface area (Å²) in [7, 11) is 1.51. The van der Waals surface area contributed by atoms with Crippen molar-refractivity contribution in [2.75, 3.05) is 25.5 Å². The van der Waals surface area contributed by atoms with E-state index in [-0.39, 0.29) is 24.2 Å². The number of halogens is 1. The molecule has 1 amide bonds. The first-order valence-electron chi connectivity index (χ1n) is 9.93. The van der Waals surface area contributed by atoms with E-state index < -0.39 is 0 Å². The van der Waals surface area contributed by atoms with Gasteiger partial charge in [0.15, 0.2) is 16.6 Å². The van der Waals surface area contributed by atoms with Gasteiger partial charge in [-0.25, -0.2) is 4.98 Å². The van der Waals surface area contributed by atoms with Crippen LogP contribution in [-0.2, 0) is 11.3 Å². The molecule has 2 heterocycles. The molecule has 0 radical (unpaired) electrons. The summed E-state index contributed by atoms with van der Waals surface area (Å²) in [5.41, 5.74) is 1.30. The van der Waals surface area contributed by atoms with Crippen LogP contribution in [0.15, 0.2) is 17.5 Å². The van der Waals surface area contributed by atoms with Gasteiger partial charge in [-0.15, -0.1) is 11.3 Å². The zero-order chi connectivity index (χ0) is 21.8. The first kappa shape index (κ1) is 22.8. The molecule has 0 spiro atoms. The van der Waals surface area contributed by atoms with E-state index >= 15 is 0 Å². The fourth-order valence-corrected chi connectivity index (χ4v) is 4.40. The Morgan fingerprint density at radius 3 is 2.70 bits per heavy atom. The highest BCUT2D eigenvalue weighted by molar-refractivity contribution is 7.14. The molecular formula is C21H28ClN3O4S. The smallest absolute Gasteiger partial charge is 0.257 e. The second kappa shape index (κ2) is 9.96. The van der Waals surface area contributed by atoms with Crippen LogP contribution in [0.2, 0.25) is 5.02 Å². The second-order valence-electron chi connectivity index (χ2n) is 7.71. The molecule has 0 aliphatic carbocycles. The summed E-state index contributed by atoms with van der Waals surface area (Å²) in [6.07, 6.45) is 0.338. The predicted octanol–water partition coefficient (Wildman–Crippen LogP) is 4.45. The average molecular weight is 454 g/mol. The zero-order valence-electron chi connectivity index (χ0n) is 17.9. The third-order valence-electron chi connectivity index (χ3n) is 4.50. The minimum absolute atomic E-state index is 0.0674. The lowest BCUT2D eigenvalue weighted by Gasteiger charge is -2.34. The van der Waals surface area contributed by atoms with Crippen LogP contribution in [0.25, 0.3) is 0 Å². The monoisotopic (exact) mass is 453 g/mol. The van der Waals surface area contributed by atoms with Crippen molar-refractivity contribution < 1.29 is 19.0 Å². The molecule has 1 N–H and O–H groups in total. The molecule has 0 bridgehead atoms. The minimum atomic E-state index is -0.305. The molecule has 30 heavy (non-hydrogen) atoms. The number of aromatic nitrogens is 1. The van der Waals surface area contributed by atoms with Crippen molar-refractivity contribution in [3.05, 3.63) is 33.8 Å². The standard InChI is InChI=1S/C21H28ClN3O4S/c1-12(2)28-19-17(22)6-15(7-18(19)27-5)20(26)24-21-23-16(11-30-21)10-25-8-13(3)29-14(4)9-25/h6-7,11-14H,8-10H2,1-5H3,(H,23,24,26)/t13-,14+. The van der Waals surface area contributed by atoms with Crippen LogP contribution < -0.4 is 14.8 Å². The molecule has 1 aliphatic rings. The lowest BCUT2D eigenvalue weighted by atomic mass is 10.2. The molecule has 2 aromatic rings. The van der Waals surface area contributed by atoms with Crippen LogP contribution >= 0.6 is 22.9 Å². The summed E-state index contributed by atoms with van der Waals surface area (Å²) >= 11 is 7.73. The quantitative estimate of drug-likeness (QED) is 0.667. The van der Waals surface area contributed by atoms with Crippen molar-refractivity contribution in [3.8, 4) is 11.5 Å². The third kappa shape index (κ3) is 5.85. The maximum absolute atomic E-state index is 12.7. The first-order valence-corrected chi connectivity index (χ1v) is 11.2. The molecule has 9 heteroatoms. The molecule has 7 nitrogen and oxygen atoms in total. The first-order chi connectivity index (χ1) is 14.2. The number of anilines is 1. The Bertz CT molecular complexity index is 879. The Morgan fingerprint density at radius 1 is 1.37 bits per heavy atom. The molecule has 1 saturated heterocycles. The molecule has 1 aromatic heterocycles. The van der Waals surface area contributed by atoms with Crippen molar-refractivity contribution in [2.45, 2.75) is 52.6 Å². The molecule has 164 valence electrons. The maximum Gasteiger partial charge on any atom is 0.257 e. The summed E-state index contributed by atoms with van der Waals surface area (Å²) in [5.74, 6) is 0.536. The summed E-state index contributed by atoms with van der Waals surface area (Å²) in [4.78, 5) is 19.6. The van der Waals surface area contributed by atoms with Gasteiger partial charge < -0.3 is 14.2 Å². The maximum atomic E-state index is 12.7. The second-order valence-corrected chi connectivity index (χ2v) is 8.97. The third-order valence-corrected chi connectivity index (χ3v) is 5.59. The van der Waals surface area contributed by atoms with Crippen molar-refractivity contribution in [2.24, 2.45) is 0 Å². The van der Waals surface area contributed by atoms with E-state index in [1.165, 1.54) is 18.4 Å². The largest absolute Gasteiger partial charge is 0.493 e. The van der Waals surface area contributed by atoms with Gasteiger partial charge in [-0.1, -0.05) is 11.6 Å². The Hall–Kier alpha value is -1.87. The molecule has 0 unspecified atom stereocenters. The van der Waals surface area contributed by atoms with Crippen molar-refractivity contribution >= 4 is 34.0 Å². The van der Waals surface area contributed by atoms with Crippen molar-refractivity contribution in [3.63, 3.8) is 0 Å². The van der Waals surface area contributed by atoms with E-state index in [0.717, 1.165) is 25.3 Å². The number of thiazole rings is 1. The van der Waals surface area contributed by atoms with Gasteiger partial charge in [-0.3, -0.25) is 15.0 Å². The Morgan fingerprint density at radius 2 is 2.07 bits per heavy atom. The highest BCUT2D eigenvalue weighted by atomic mass is 35.5. The number of morpholine rings is 1. The van der Waals surface area contributed by atoms with E-state index in [2.05, 4.69) is 29.0 Å². The molecule has 1 fully saturated rings. The SMILES string of the molecule is COc1cc(C(=O)Nc2nc(CN3C[C@@H](C)O[C@@H](C)C3)cs2)cc(Cl)c1OC(C)C. The van der Waals surface area contributed by atoms with Crippen LogP contribution in [0.3, 0.4) is 0 Å². The van der Waals surface area contributed by atoms with Crippen LogP contribution in [-0.4, -0.2) is 54.3 Å². The van der Waals surface area contributed by atoms with E-state index in [9.17, 15) is 4.79 Å². The molecule has 1 aromatic carbocycles. The number of carbonyl (C=O) groups is 1. The predicted molar refractivity (Wildman–Crippen MR) is 119 cm³/mol. The number of hydrogen-bond donors (Lipinski definition) is 1. The Kier molecular flexibility index (Phi) is 7.57. The number of methoxy groups -OCH3 is 1. The highest BCUT2D eigenvalue weighted by Gasteiger charge is 2.23. The number of hydrogen-bond acceptors (Lipinski definition) is 7. The number of benzene rings is 1. The van der Waals surface area contributed by atoms with Crippen LogP contribution in [0.1, 0.15) is 43.7 Å². The molecule has 1 aliphatic heterocycles.